The zero-order valence-corrected chi connectivity index (χ0v) is 13.5. The molecule has 1 aliphatic rings. The average Bonchev–Trinajstić information content (AvgIpc) is 2.46. The predicted molar refractivity (Wildman–Crippen MR) is 83.2 cm³/mol. The van der Waals surface area contributed by atoms with Gasteiger partial charge in [-0.1, -0.05) is 13.3 Å². The number of sulfone groups is 1. The monoisotopic (exact) mass is 312 g/mol. The Kier molecular flexibility index (Phi) is 5.58. The lowest BCUT2D eigenvalue weighted by molar-refractivity contribution is 0.337. The van der Waals surface area contributed by atoms with Crippen LogP contribution in [0.15, 0.2) is 18.5 Å². The van der Waals surface area contributed by atoms with Gasteiger partial charge in [0.25, 0.3) is 0 Å². The van der Waals surface area contributed by atoms with E-state index in [0.29, 0.717) is 18.8 Å². The van der Waals surface area contributed by atoms with Crippen molar-refractivity contribution in [1.29, 1.82) is 0 Å². The van der Waals surface area contributed by atoms with E-state index in [-0.39, 0.29) is 17.0 Å². The Labute approximate surface area is 127 Å². The summed E-state index contributed by atoms with van der Waals surface area (Å²) in [5.41, 5.74) is 0.887. The second-order valence-electron chi connectivity index (χ2n) is 5.32. The Morgan fingerprint density at radius 1 is 1.38 bits per heavy atom. The molecule has 1 aromatic rings. The van der Waals surface area contributed by atoms with Gasteiger partial charge in [0.1, 0.15) is 5.75 Å². The van der Waals surface area contributed by atoms with Gasteiger partial charge in [0, 0.05) is 6.20 Å². The first kappa shape index (κ1) is 16.2. The summed E-state index contributed by atoms with van der Waals surface area (Å²) < 4.78 is 30.3. The van der Waals surface area contributed by atoms with Crippen molar-refractivity contribution in [1.82, 2.24) is 10.3 Å². The molecule has 0 amide bonds. The van der Waals surface area contributed by atoms with Gasteiger partial charge < -0.3 is 10.1 Å². The van der Waals surface area contributed by atoms with Crippen LogP contribution in [0.25, 0.3) is 0 Å². The quantitative estimate of drug-likeness (QED) is 0.871. The fraction of sp³-hybridized carbons (Fsp3) is 0.667. The molecule has 0 saturated carbocycles. The highest BCUT2D eigenvalue weighted by Crippen LogP contribution is 2.31. The van der Waals surface area contributed by atoms with Gasteiger partial charge >= 0.3 is 0 Å². The number of hydrogen-bond donors (Lipinski definition) is 1. The summed E-state index contributed by atoms with van der Waals surface area (Å²) in [6.07, 6.45) is 5.84. The van der Waals surface area contributed by atoms with Crippen LogP contribution in [-0.4, -0.2) is 37.6 Å². The maximum Gasteiger partial charge on any atom is 0.155 e. The number of aromatic nitrogens is 1. The molecule has 2 rings (SSSR count). The normalized spacial score (nSPS) is 22.7. The van der Waals surface area contributed by atoms with Gasteiger partial charge in [0.2, 0.25) is 0 Å². The standard InChI is InChI=1S/C15H24N2O3S/c1-3-17-15(14-7-5-6-8-21(14,18)19)12-9-13(20-4-2)11-16-10-12/h9-11,14-15,17H,3-8H2,1-2H3. The molecule has 1 N–H and O–H groups in total. The molecular formula is C15H24N2O3S. The van der Waals surface area contributed by atoms with Crippen molar-refractivity contribution < 1.29 is 13.2 Å². The molecular weight excluding hydrogens is 288 g/mol. The van der Waals surface area contributed by atoms with Crippen LogP contribution in [0.3, 0.4) is 0 Å². The third kappa shape index (κ3) is 3.95. The van der Waals surface area contributed by atoms with E-state index >= 15 is 0 Å². The minimum Gasteiger partial charge on any atom is -0.492 e. The Balaban J connectivity index is 2.31. The number of rotatable bonds is 6. The smallest absolute Gasteiger partial charge is 0.155 e. The molecule has 0 radical (unpaired) electrons. The molecule has 21 heavy (non-hydrogen) atoms. The van der Waals surface area contributed by atoms with E-state index in [9.17, 15) is 8.42 Å². The molecule has 0 spiro atoms. The minimum absolute atomic E-state index is 0.215. The molecule has 1 fully saturated rings. The summed E-state index contributed by atoms with van der Waals surface area (Å²) in [4.78, 5) is 4.19. The first-order valence-corrected chi connectivity index (χ1v) is 9.32. The largest absolute Gasteiger partial charge is 0.492 e. The van der Waals surface area contributed by atoms with Gasteiger partial charge in [-0.05, 0) is 37.9 Å². The van der Waals surface area contributed by atoms with Gasteiger partial charge in [0.15, 0.2) is 9.84 Å². The van der Waals surface area contributed by atoms with Crippen LogP contribution in [0.5, 0.6) is 5.75 Å². The van der Waals surface area contributed by atoms with Crippen molar-refractivity contribution in [3.05, 3.63) is 24.0 Å². The fourth-order valence-electron chi connectivity index (χ4n) is 2.89. The molecule has 6 heteroatoms. The number of ether oxygens (including phenoxy) is 1. The lowest BCUT2D eigenvalue weighted by Gasteiger charge is -2.31. The van der Waals surface area contributed by atoms with E-state index in [2.05, 4.69) is 10.3 Å². The van der Waals surface area contributed by atoms with E-state index in [4.69, 9.17) is 4.74 Å². The number of hydrogen-bond acceptors (Lipinski definition) is 5. The molecule has 1 aromatic heterocycles. The molecule has 2 atom stereocenters. The summed E-state index contributed by atoms with van der Waals surface area (Å²) in [5.74, 6) is 0.976. The summed E-state index contributed by atoms with van der Waals surface area (Å²) >= 11 is 0. The molecule has 2 heterocycles. The number of pyridine rings is 1. The number of nitrogens with one attached hydrogen (secondary N) is 1. The highest BCUT2D eigenvalue weighted by molar-refractivity contribution is 7.92. The molecule has 2 unspecified atom stereocenters. The second-order valence-corrected chi connectivity index (χ2v) is 7.66. The van der Waals surface area contributed by atoms with E-state index in [0.717, 1.165) is 24.9 Å². The third-order valence-corrected chi connectivity index (χ3v) is 6.12. The van der Waals surface area contributed by atoms with Crippen molar-refractivity contribution in [3.8, 4) is 5.75 Å². The zero-order chi connectivity index (χ0) is 15.3. The first-order chi connectivity index (χ1) is 10.1. The molecule has 5 nitrogen and oxygen atoms in total. The summed E-state index contributed by atoms with van der Waals surface area (Å²) in [6, 6.07) is 1.68. The SMILES string of the molecule is CCNC(c1cncc(OCC)c1)C1CCCCS1(=O)=O. The van der Waals surface area contributed by atoms with Crippen molar-refractivity contribution in [2.75, 3.05) is 18.9 Å². The number of nitrogens with zero attached hydrogens (tertiary/aromatic N) is 1. The minimum atomic E-state index is -3.05. The van der Waals surface area contributed by atoms with E-state index in [1.165, 1.54) is 0 Å². The van der Waals surface area contributed by atoms with Crippen LogP contribution in [-0.2, 0) is 9.84 Å². The Hall–Kier alpha value is -1.14. The fourth-order valence-corrected chi connectivity index (χ4v) is 4.99. The maximum atomic E-state index is 12.4. The molecule has 1 aliphatic heterocycles. The molecule has 0 aromatic carbocycles. The van der Waals surface area contributed by atoms with Crippen molar-refractivity contribution in [2.45, 2.75) is 44.4 Å². The Morgan fingerprint density at radius 3 is 2.86 bits per heavy atom. The summed E-state index contributed by atoms with van der Waals surface area (Å²) in [7, 11) is -3.05. The van der Waals surface area contributed by atoms with Crippen molar-refractivity contribution >= 4 is 9.84 Å². The van der Waals surface area contributed by atoms with Crippen molar-refractivity contribution in [3.63, 3.8) is 0 Å². The summed E-state index contributed by atoms with van der Waals surface area (Å²) in [6.45, 7) is 5.19. The van der Waals surface area contributed by atoms with E-state index in [1.807, 2.05) is 19.9 Å². The van der Waals surface area contributed by atoms with Gasteiger partial charge in [-0.15, -0.1) is 0 Å². The van der Waals surface area contributed by atoms with Gasteiger partial charge in [-0.25, -0.2) is 8.42 Å². The van der Waals surface area contributed by atoms with Gasteiger partial charge in [-0.2, -0.15) is 0 Å². The second kappa shape index (κ2) is 7.22. The van der Waals surface area contributed by atoms with Gasteiger partial charge in [-0.3, -0.25) is 4.98 Å². The Morgan fingerprint density at radius 2 is 2.19 bits per heavy atom. The zero-order valence-electron chi connectivity index (χ0n) is 12.7. The average molecular weight is 312 g/mol. The van der Waals surface area contributed by atoms with Crippen LogP contribution in [0.2, 0.25) is 0 Å². The lowest BCUT2D eigenvalue weighted by Crippen LogP contribution is -2.40. The van der Waals surface area contributed by atoms with Crippen LogP contribution >= 0.6 is 0 Å². The van der Waals surface area contributed by atoms with Crippen molar-refractivity contribution in [2.24, 2.45) is 0 Å². The molecule has 118 valence electrons. The van der Waals surface area contributed by atoms with E-state index in [1.54, 1.807) is 12.4 Å². The third-order valence-electron chi connectivity index (χ3n) is 3.83. The molecule has 0 aliphatic carbocycles. The molecule has 0 bridgehead atoms. The highest BCUT2D eigenvalue weighted by atomic mass is 32.2. The summed E-state index contributed by atoms with van der Waals surface area (Å²) in [5, 5.41) is 2.95. The lowest BCUT2D eigenvalue weighted by atomic mass is 10.0. The van der Waals surface area contributed by atoms with Crippen LogP contribution in [0, 0.1) is 0 Å². The van der Waals surface area contributed by atoms with Crippen LogP contribution in [0.1, 0.15) is 44.7 Å². The van der Waals surface area contributed by atoms with Crippen LogP contribution < -0.4 is 10.1 Å². The van der Waals surface area contributed by atoms with Gasteiger partial charge in [0.05, 0.1) is 29.8 Å². The van der Waals surface area contributed by atoms with E-state index < -0.39 is 9.84 Å². The van der Waals surface area contributed by atoms with Crippen LogP contribution in [0.4, 0.5) is 0 Å². The molecule has 1 saturated heterocycles. The maximum absolute atomic E-state index is 12.4. The predicted octanol–water partition coefficient (Wildman–Crippen LogP) is 2.10. The Bertz CT molecular complexity index is 560. The first-order valence-electron chi connectivity index (χ1n) is 7.61. The topological polar surface area (TPSA) is 68.3 Å². The highest BCUT2D eigenvalue weighted by Gasteiger charge is 2.36.